The van der Waals surface area contributed by atoms with E-state index in [2.05, 4.69) is 17.3 Å². The molecule has 3 rings (SSSR count). The molecule has 0 saturated carbocycles. The number of hydrogen-bond acceptors (Lipinski definition) is 6. The molecule has 7 nitrogen and oxygen atoms in total. The summed E-state index contributed by atoms with van der Waals surface area (Å²) in [6.45, 7) is 0.508. The highest BCUT2D eigenvalue weighted by molar-refractivity contribution is 7.53. The summed E-state index contributed by atoms with van der Waals surface area (Å²) >= 11 is 0. The maximum absolute atomic E-state index is 12.3. The number of hydrogen-bond donors (Lipinski definition) is 1. The molecule has 0 aromatic heterocycles. The first-order valence-corrected chi connectivity index (χ1v) is 11.2. The molecule has 0 aliphatic carbocycles. The van der Waals surface area contributed by atoms with Crippen molar-refractivity contribution in [1.82, 2.24) is 0 Å². The highest BCUT2D eigenvalue weighted by Crippen LogP contribution is 2.50. The molecule has 1 N–H and O–H groups in total. The van der Waals surface area contributed by atoms with Crippen LogP contribution in [0.25, 0.3) is 0 Å². The van der Waals surface area contributed by atoms with Gasteiger partial charge in [-0.1, -0.05) is 41.6 Å². The van der Waals surface area contributed by atoms with E-state index in [9.17, 15) is 9.46 Å². The Morgan fingerprint density at radius 3 is 2.72 bits per heavy atom. The van der Waals surface area contributed by atoms with Crippen LogP contribution in [0.15, 0.2) is 59.8 Å². The zero-order chi connectivity index (χ0) is 20.5. The lowest BCUT2D eigenvalue weighted by Crippen LogP contribution is -2.15. The van der Waals surface area contributed by atoms with Crippen molar-refractivity contribution in [3.63, 3.8) is 0 Å². The van der Waals surface area contributed by atoms with Gasteiger partial charge in [0.2, 0.25) is 5.85 Å². The third-order valence-corrected chi connectivity index (χ3v) is 6.05. The molecule has 156 valence electrons. The second-order valence-electron chi connectivity index (χ2n) is 6.75. The Bertz CT molecular complexity index is 836. The fourth-order valence-electron chi connectivity index (χ4n) is 2.99. The molecule has 1 aliphatic rings. The van der Waals surface area contributed by atoms with Gasteiger partial charge in [-0.2, -0.15) is 0 Å². The van der Waals surface area contributed by atoms with Gasteiger partial charge in [-0.25, -0.2) is 4.57 Å². The largest absolute Gasteiger partial charge is 0.493 e. The molecule has 0 radical (unpaired) electrons. The van der Waals surface area contributed by atoms with Crippen molar-refractivity contribution in [3.8, 4) is 11.5 Å². The van der Waals surface area contributed by atoms with Crippen molar-refractivity contribution >= 4 is 13.8 Å². The van der Waals surface area contributed by atoms with Gasteiger partial charge in [0.05, 0.1) is 12.7 Å². The zero-order valence-electron chi connectivity index (χ0n) is 16.3. The van der Waals surface area contributed by atoms with Crippen molar-refractivity contribution in [2.45, 2.75) is 37.6 Å². The highest BCUT2D eigenvalue weighted by Gasteiger charge is 2.38. The molecule has 0 amide bonds. The summed E-state index contributed by atoms with van der Waals surface area (Å²) < 4.78 is 28.9. The lowest BCUT2D eigenvalue weighted by atomic mass is 10.0. The van der Waals surface area contributed by atoms with E-state index in [1.165, 1.54) is 11.8 Å². The topological polar surface area (TPSA) is 86.6 Å². The molecule has 0 fully saturated rings. The monoisotopic (exact) mass is 419 g/mol. The van der Waals surface area contributed by atoms with Gasteiger partial charge < -0.3 is 23.7 Å². The van der Waals surface area contributed by atoms with Crippen molar-refractivity contribution < 1.29 is 28.3 Å². The Balaban J connectivity index is 1.44. The Morgan fingerprint density at radius 1 is 1.21 bits per heavy atom. The number of methoxy groups -OCH3 is 1. The molecule has 1 heterocycles. The third-order valence-electron chi connectivity index (χ3n) is 4.55. The summed E-state index contributed by atoms with van der Waals surface area (Å²) in [7, 11) is -2.26. The van der Waals surface area contributed by atoms with Crippen LogP contribution in [0, 0.1) is 0 Å². The third kappa shape index (κ3) is 6.60. The van der Waals surface area contributed by atoms with E-state index >= 15 is 0 Å². The quantitative estimate of drug-likeness (QED) is 0.429. The van der Waals surface area contributed by atoms with E-state index in [0.717, 1.165) is 19.3 Å². The SMILES string of the molecule is COC(CCCOc1cccc(OP(=O)(O)C2CC=NO2)c1)Cc1ccccc1. The summed E-state index contributed by atoms with van der Waals surface area (Å²) in [5.74, 6) is -0.145. The molecule has 0 bridgehead atoms. The number of nitrogens with zero attached hydrogens (tertiary/aromatic N) is 1. The number of oxime groups is 1. The van der Waals surface area contributed by atoms with Gasteiger partial charge in [-0.15, -0.1) is 0 Å². The standard InChI is InChI=1S/C21H26NO6P/c1-25-18(15-17-7-3-2-4-8-17)11-6-14-26-19-9-5-10-20(16-19)28-29(23,24)21-12-13-22-27-21/h2-5,7-10,13,16,18,21H,6,11-12,14-15H2,1H3,(H,23,24). The van der Waals surface area contributed by atoms with Crippen LogP contribution in [-0.4, -0.2) is 36.8 Å². The predicted octanol–water partition coefficient (Wildman–Crippen LogP) is 4.40. The van der Waals surface area contributed by atoms with Crippen LogP contribution in [0.2, 0.25) is 0 Å². The summed E-state index contributed by atoms with van der Waals surface area (Å²) in [5.41, 5.74) is 1.25. The normalized spacial score (nSPS) is 18.6. The second kappa shape index (κ2) is 10.4. The van der Waals surface area contributed by atoms with Crippen LogP contribution < -0.4 is 9.26 Å². The number of benzene rings is 2. The summed E-state index contributed by atoms with van der Waals surface area (Å²) in [6.07, 6.45) is 4.37. The first-order chi connectivity index (χ1) is 14.1. The van der Waals surface area contributed by atoms with E-state index in [0.29, 0.717) is 12.4 Å². The summed E-state index contributed by atoms with van der Waals surface area (Å²) in [6, 6.07) is 16.9. The van der Waals surface area contributed by atoms with Crippen LogP contribution in [0.3, 0.4) is 0 Å². The maximum atomic E-state index is 12.3. The lowest BCUT2D eigenvalue weighted by Gasteiger charge is -2.18. The molecule has 2 aromatic rings. The highest BCUT2D eigenvalue weighted by atomic mass is 31.2. The summed E-state index contributed by atoms with van der Waals surface area (Å²) in [4.78, 5) is 14.9. The van der Waals surface area contributed by atoms with E-state index in [1.54, 1.807) is 31.4 Å². The van der Waals surface area contributed by atoms with Crippen LogP contribution in [0.4, 0.5) is 0 Å². The van der Waals surface area contributed by atoms with Crippen LogP contribution in [0.1, 0.15) is 24.8 Å². The molecule has 3 unspecified atom stereocenters. The average molecular weight is 419 g/mol. The van der Waals surface area contributed by atoms with Crippen molar-refractivity contribution in [2.75, 3.05) is 13.7 Å². The van der Waals surface area contributed by atoms with E-state index < -0.39 is 13.4 Å². The Morgan fingerprint density at radius 2 is 2.00 bits per heavy atom. The minimum absolute atomic E-state index is 0.129. The van der Waals surface area contributed by atoms with Crippen LogP contribution in [-0.2, 0) is 20.6 Å². The average Bonchev–Trinajstić information content (AvgIpc) is 3.27. The van der Waals surface area contributed by atoms with Crippen LogP contribution >= 0.6 is 7.60 Å². The molecular formula is C21H26NO6P. The molecule has 8 heteroatoms. The minimum atomic E-state index is -3.98. The molecule has 3 atom stereocenters. The zero-order valence-corrected chi connectivity index (χ0v) is 17.2. The molecule has 2 aromatic carbocycles. The van der Waals surface area contributed by atoms with Crippen LogP contribution in [0.5, 0.6) is 11.5 Å². The van der Waals surface area contributed by atoms with Gasteiger partial charge in [-0.3, -0.25) is 0 Å². The van der Waals surface area contributed by atoms with Crippen molar-refractivity contribution in [2.24, 2.45) is 5.16 Å². The molecule has 0 spiro atoms. The minimum Gasteiger partial charge on any atom is -0.493 e. The first-order valence-electron chi connectivity index (χ1n) is 9.56. The Hall–Kier alpha value is -2.34. The van der Waals surface area contributed by atoms with Crippen molar-refractivity contribution in [1.29, 1.82) is 0 Å². The summed E-state index contributed by atoms with van der Waals surface area (Å²) in [5, 5.41) is 3.52. The number of ether oxygens (including phenoxy) is 2. The van der Waals surface area contributed by atoms with E-state index in [4.69, 9.17) is 18.8 Å². The van der Waals surface area contributed by atoms with Gasteiger partial charge in [0.15, 0.2) is 0 Å². The maximum Gasteiger partial charge on any atom is 0.420 e. The van der Waals surface area contributed by atoms with Gasteiger partial charge in [0, 0.05) is 25.8 Å². The Kier molecular flexibility index (Phi) is 7.69. The first kappa shape index (κ1) is 21.4. The predicted molar refractivity (Wildman–Crippen MR) is 111 cm³/mol. The smallest absolute Gasteiger partial charge is 0.420 e. The Labute approximate surface area is 170 Å². The lowest BCUT2D eigenvalue weighted by molar-refractivity contribution is 0.0894. The molecular weight excluding hydrogens is 393 g/mol. The van der Waals surface area contributed by atoms with E-state index in [-0.39, 0.29) is 18.3 Å². The van der Waals surface area contributed by atoms with Crippen molar-refractivity contribution in [3.05, 3.63) is 60.2 Å². The fourth-order valence-corrected chi connectivity index (χ4v) is 4.06. The van der Waals surface area contributed by atoms with E-state index in [1.807, 2.05) is 18.2 Å². The van der Waals surface area contributed by atoms with Gasteiger partial charge >= 0.3 is 7.60 Å². The van der Waals surface area contributed by atoms with Gasteiger partial charge in [0.25, 0.3) is 0 Å². The second-order valence-corrected chi connectivity index (χ2v) is 8.64. The van der Waals surface area contributed by atoms with Gasteiger partial charge in [0.1, 0.15) is 11.5 Å². The fraction of sp³-hybridized carbons (Fsp3) is 0.381. The molecule has 29 heavy (non-hydrogen) atoms. The number of rotatable bonds is 11. The molecule has 0 saturated heterocycles. The molecule has 1 aliphatic heterocycles. The van der Waals surface area contributed by atoms with Gasteiger partial charge in [-0.05, 0) is 37.0 Å².